The summed E-state index contributed by atoms with van der Waals surface area (Å²) in [6.45, 7) is 0. The number of carbonyl (C=O) groups is 1. The SMILES string of the molecule is N#Cc1ccc(Cl)c(Nc2cccc(C(=O)O)n2)c1. The molecule has 0 saturated carbocycles. The minimum atomic E-state index is -1.11. The molecule has 0 bridgehead atoms. The lowest BCUT2D eigenvalue weighted by molar-refractivity contribution is 0.0690. The first-order chi connectivity index (χ1) is 9.10. The van der Waals surface area contributed by atoms with Gasteiger partial charge < -0.3 is 10.4 Å². The quantitative estimate of drug-likeness (QED) is 0.897. The van der Waals surface area contributed by atoms with Gasteiger partial charge in [0, 0.05) is 0 Å². The summed E-state index contributed by atoms with van der Waals surface area (Å²) < 4.78 is 0. The van der Waals surface area contributed by atoms with Crippen molar-refractivity contribution in [2.24, 2.45) is 0 Å². The van der Waals surface area contributed by atoms with Gasteiger partial charge >= 0.3 is 5.97 Å². The third-order valence-electron chi connectivity index (χ3n) is 2.33. The molecule has 19 heavy (non-hydrogen) atoms. The highest BCUT2D eigenvalue weighted by Gasteiger charge is 2.07. The fourth-order valence-electron chi connectivity index (χ4n) is 1.45. The molecule has 2 rings (SSSR count). The number of nitrogens with zero attached hydrogens (tertiary/aromatic N) is 2. The molecule has 1 aromatic heterocycles. The van der Waals surface area contributed by atoms with E-state index in [0.29, 0.717) is 22.1 Å². The second kappa shape index (κ2) is 5.38. The Hall–Kier alpha value is -2.58. The number of nitrogens with one attached hydrogen (secondary N) is 1. The number of carboxylic acid groups (broad SMARTS) is 1. The van der Waals surface area contributed by atoms with Crippen LogP contribution in [-0.4, -0.2) is 16.1 Å². The Morgan fingerprint density at radius 2 is 2.16 bits per heavy atom. The van der Waals surface area contributed by atoms with Crippen molar-refractivity contribution in [2.45, 2.75) is 0 Å². The highest BCUT2D eigenvalue weighted by atomic mass is 35.5. The van der Waals surface area contributed by atoms with Gasteiger partial charge in [-0.05, 0) is 30.3 Å². The van der Waals surface area contributed by atoms with Crippen molar-refractivity contribution in [2.75, 3.05) is 5.32 Å². The lowest BCUT2D eigenvalue weighted by Crippen LogP contribution is -2.02. The summed E-state index contributed by atoms with van der Waals surface area (Å²) in [4.78, 5) is 14.7. The van der Waals surface area contributed by atoms with E-state index < -0.39 is 5.97 Å². The molecule has 1 aromatic carbocycles. The van der Waals surface area contributed by atoms with Crippen LogP contribution < -0.4 is 5.32 Å². The molecular formula is C13H8ClN3O2. The molecule has 0 amide bonds. The van der Waals surface area contributed by atoms with Gasteiger partial charge in [-0.1, -0.05) is 17.7 Å². The maximum atomic E-state index is 10.8. The van der Waals surface area contributed by atoms with E-state index in [-0.39, 0.29) is 5.69 Å². The van der Waals surface area contributed by atoms with Crippen LogP contribution in [0.4, 0.5) is 11.5 Å². The Balaban J connectivity index is 2.33. The van der Waals surface area contributed by atoms with Gasteiger partial charge in [-0.15, -0.1) is 0 Å². The maximum Gasteiger partial charge on any atom is 0.354 e. The highest BCUT2D eigenvalue weighted by molar-refractivity contribution is 6.33. The van der Waals surface area contributed by atoms with E-state index in [4.69, 9.17) is 22.0 Å². The van der Waals surface area contributed by atoms with E-state index in [1.54, 1.807) is 30.3 Å². The number of aromatic carboxylic acids is 1. The van der Waals surface area contributed by atoms with Crippen molar-refractivity contribution in [3.05, 3.63) is 52.7 Å². The van der Waals surface area contributed by atoms with Crippen LogP contribution in [0.2, 0.25) is 5.02 Å². The number of halogens is 1. The van der Waals surface area contributed by atoms with Gasteiger partial charge in [-0.2, -0.15) is 5.26 Å². The highest BCUT2D eigenvalue weighted by Crippen LogP contribution is 2.25. The lowest BCUT2D eigenvalue weighted by Gasteiger charge is -2.08. The van der Waals surface area contributed by atoms with E-state index in [2.05, 4.69) is 10.3 Å². The summed E-state index contributed by atoms with van der Waals surface area (Å²) in [5.41, 5.74) is 0.870. The normalized spacial score (nSPS) is 9.68. The Morgan fingerprint density at radius 1 is 1.37 bits per heavy atom. The first-order valence-electron chi connectivity index (χ1n) is 5.27. The zero-order chi connectivity index (χ0) is 13.8. The summed E-state index contributed by atoms with van der Waals surface area (Å²) in [5.74, 6) is -0.766. The minimum Gasteiger partial charge on any atom is -0.477 e. The lowest BCUT2D eigenvalue weighted by atomic mass is 10.2. The average molecular weight is 274 g/mol. The number of nitriles is 1. The molecule has 94 valence electrons. The van der Waals surface area contributed by atoms with Crippen molar-refractivity contribution in [3.63, 3.8) is 0 Å². The van der Waals surface area contributed by atoms with Crippen LogP contribution in [-0.2, 0) is 0 Å². The van der Waals surface area contributed by atoms with Gasteiger partial charge in [0.25, 0.3) is 0 Å². The second-order valence-electron chi connectivity index (χ2n) is 3.64. The molecule has 0 aliphatic heterocycles. The van der Waals surface area contributed by atoms with Crippen molar-refractivity contribution in [1.82, 2.24) is 4.98 Å². The molecule has 0 atom stereocenters. The van der Waals surface area contributed by atoms with E-state index in [1.165, 1.54) is 6.07 Å². The van der Waals surface area contributed by atoms with Gasteiger partial charge in [-0.3, -0.25) is 0 Å². The number of anilines is 2. The topological polar surface area (TPSA) is 86.0 Å². The first-order valence-corrected chi connectivity index (χ1v) is 5.65. The molecule has 0 saturated heterocycles. The van der Waals surface area contributed by atoms with Gasteiger partial charge in [0.2, 0.25) is 0 Å². The molecule has 2 aromatic rings. The Morgan fingerprint density at radius 3 is 2.84 bits per heavy atom. The first kappa shape index (κ1) is 12.9. The zero-order valence-electron chi connectivity index (χ0n) is 9.59. The molecule has 0 unspecified atom stereocenters. The van der Waals surface area contributed by atoms with Crippen LogP contribution in [0.25, 0.3) is 0 Å². The van der Waals surface area contributed by atoms with E-state index in [9.17, 15) is 4.79 Å². The molecule has 5 nitrogen and oxygen atoms in total. The number of hydrogen-bond donors (Lipinski definition) is 2. The van der Waals surface area contributed by atoms with E-state index in [1.807, 2.05) is 6.07 Å². The maximum absolute atomic E-state index is 10.8. The number of pyridine rings is 1. The minimum absolute atomic E-state index is 0.0717. The standard InChI is InChI=1S/C13H8ClN3O2/c14-9-5-4-8(7-15)6-11(9)17-12-3-1-2-10(16-12)13(18)19/h1-6H,(H,16,17)(H,18,19). The van der Waals surface area contributed by atoms with Crippen LogP contribution >= 0.6 is 11.6 Å². The fraction of sp³-hybridized carbons (Fsp3) is 0. The number of rotatable bonds is 3. The van der Waals surface area contributed by atoms with Gasteiger partial charge in [-0.25, -0.2) is 9.78 Å². The van der Waals surface area contributed by atoms with E-state index in [0.717, 1.165) is 0 Å². The number of carboxylic acids is 1. The van der Waals surface area contributed by atoms with Gasteiger partial charge in [0.05, 0.1) is 22.3 Å². The molecule has 0 aliphatic carbocycles. The Kier molecular flexibility index (Phi) is 3.64. The third kappa shape index (κ3) is 3.00. The van der Waals surface area contributed by atoms with E-state index >= 15 is 0 Å². The molecular weight excluding hydrogens is 266 g/mol. The van der Waals surface area contributed by atoms with Crippen LogP contribution in [0, 0.1) is 11.3 Å². The summed E-state index contributed by atoms with van der Waals surface area (Å²) in [5, 5.41) is 21.0. The summed E-state index contributed by atoms with van der Waals surface area (Å²) in [7, 11) is 0. The van der Waals surface area contributed by atoms with Crippen LogP contribution in [0.15, 0.2) is 36.4 Å². The molecule has 2 N–H and O–H groups in total. The predicted octanol–water partition coefficient (Wildman–Crippen LogP) is 3.05. The van der Waals surface area contributed by atoms with Crippen molar-refractivity contribution >= 4 is 29.1 Å². The van der Waals surface area contributed by atoms with Crippen molar-refractivity contribution < 1.29 is 9.90 Å². The third-order valence-corrected chi connectivity index (χ3v) is 2.66. The number of aromatic nitrogens is 1. The summed E-state index contributed by atoms with van der Waals surface area (Å²) >= 11 is 5.99. The second-order valence-corrected chi connectivity index (χ2v) is 4.05. The summed E-state index contributed by atoms with van der Waals surface area (Å²) in [6.07, 6.45) is 0. The Bertz CT molecular complexity index is 680. The summed E-state index contributed by atoms with van der Waals surface area (Å²) in [6, 6.07) is 11.3. The molecule has 1 heterocycles. The largest absolute Gasteiger partial charge is 0.477 e. The molecule has 0 aliphatic rings. The molecule has 6 heteroatoms. The van der Waals surface area contributed by atoms with Crippen LogP contribution in [0.1, 0.15) is 16.1 Å². The zero-order valence-corrected chi connectivity index (χ0v) is 10.3. The van der Waals surface area contributed by atoms with Gasteiger partial charge in [0.1, 0.15) is 5.82 Å². The number of hydrogen-bond acceptors (Lipinski definition) is 4. The predicted molar refractivity (Wildman–Crippen MR) is 70.6 cm³/mol. The van der Waals surface area contributed by atoms with Crippen LogP contribution in [0.5, 0.6) is 0 Å². The smallest absolute Gasteiger partial charge is 0.354 e. The molecule has 0 radical (unpaired) electrons. The van der Waals surface area contributed by atoms with Crippen molar-refractivity contribution in [1.29, 1.82) is 5.26 Å². The average Bonchev–Trinajstić information content (AvgIpc) is 2.41. The van der Waals surface area contributed by atoms with Crippen LogP contribution in [0.3, 0.4) is 0 Å². The van der Waals surface area contributed by atoms with Crippen molar-refractivity contribution in [3.8, 4) is 6.07 Å². The fourth-order valence-corrected chi connectivity index (χ4v) is 1.62. The molecule has 0 fully saturated rings. The monoisotopic (exact) mass is 273 g/mol. The molecule has 0 spiro atoms. The number of benzene rings is 1. The Labute approximate surface area is 114 Å². The van der Waals surface area contributed by atoms with Gasteiger partial charge in [0.15, 0.2) is 5.69 Å².